The molecule has 2 aromatic carbocycles. The first kappa shape index (κ1) is 13.8. The number of hydrogen-bond donors (Lipinski definition) is 3. The van der Waals surface area contributed by atoms with E-state index in [9.17, 15) is 5.11 Å². The van der Waals surface area contributed by atoms with Crippen LogP contribution in [0.5, 0.6) is 0 Å². The van der Waals surface area contributed by atoms with E-state index >= 15 is 0 Å². The van der Waals surface area contributed by atoms with Gasteiger partial charge < -0.3 is 10.1 Å². The van der Waals surface area contributed by atoms with Gasteiger partial charge in [-0.15, -0.1) is 0 Å². The molecule has 0 radical (unpaired) electrons. The van der Waals surface area contributed by atoms with E-state index in [-0.39, 0.29) is 6.61 Å². The number of nitrogens with zero attached hydrogens (tertiary/aromatic N) is 1. The van der Waals surface area contributed by atoms with Crippen LogP contribution in [0.2, 0.25) is 0 Å². The standard InChI is InChI=1S/C19H17N3O/c1-12-17-8-15(6-7-18(17)22-19(12)11-23)13-2-4-14(5-3-13)16-9-20-21-10-16/h2-10,22-23H,11H2,1H3,(H,20,21). The van der Waals surface area contributed by atoms with Crippen molar-refractivity contribution in [1.82, 2.24) is 15.2 Å². The SMILES string of the molecule is Cc1c(CO)[nH]c2ccc(-c3ccc(-c4cn[nH]c4)cc3)cc12. The number of aromatic nitrogens is 3. The Morgan fingerprint density at radius 2 is 1.65 bits per heavy atom. The Kier molecular flexibility index (Phi) is 3.24. The smallest absolute Gasteiger partial charge is 0.0833 e. The number of hydrogen-bond acceptors (Lipinski definition) is 2. The summed E-state index contributed by atoms with van der Waals surface area (Å²) >= 11 is 0. The normalized spacial score (nSPS) is 11.2. The first-order valence-corrected chi connectivity index (χ1v) is 7.58. The second-order valence-electron chi connectivity index (χ2n) is 5.71. The summed E-state index contributed by atoms with van der Waals surface area (Å²) in [5.74, 6) is 0. The maximum atomic E-state index is 9.39. The van der Waals surface area contributed by atoms with Gasteiger partial charge in [-0.3, -0.25) is 5.10 Å². The number of nitrogens with one attached hydrogen (secondary N) is 2. The second-order valence-corrected chi connectivity index (χ2v) is 5.71. The average molecular weight is 303 g/mol. The number of aliphatic hydroxyl groups excluding tert-OH is 1. The molecule has 0 spiro atoms. The Bertz CT molecular complexity index is 950. The molecule has 2 aromatic heterocycles. The van der Waals surface area contributed by atoms with E-state index in [1.807, 2.05) is 19.3 Å². The predicted octanol–water partition coefficient (Wildman–Crippen LogP) is 4.03. The fourth-order valence-electron chi connectivity index (χ4n) is 2.98. The Balaban J connectivity index is 1.75. The van der Waals surface area contributed by atoms with Crippen molar-refractivity contribution < 1.29 is 5.11 Å². The number of aliphatic hydroxyl groups is 1. The third-order valence-electron chi connectivity index (χ3n) is 4.37. The van der Waals surface area contributed by atoms with Gasteiger partial charge in [0, 0.05) is 28.4 Å². The van der Waals surface area contributed by atoms with E-state index in [4.69, 9.17) is 0 Å². The lowest BCUT2D eigenvalue weighted by molar-refractivity contribution is 0.277. The van der Waals surface area contributed by atoms with Gasteiger partial charge in [-0.25, -0.2) is 0 Å². The van der Waals surface area contributed by atoms with E-state index in [1.165, 1.54) is 11.1 Å². The molecular formula is C19H17N3O. The van der Waals surface area contributed by atoms with Crippen LogP contribution < -0.4 is 0 Å². The molecule has 4 rings (SSSR count). The fourth-order valence-corrected chi connectivity index (χ4v) is 2.98. The monoisotopic (exact) mass is 303 g/mol. The molecular weight excluding hydrogens is 286 g/mol. The zero-order chi connectivity index (χ0) is 15.8. The lowest BCUT2D eigenvalue weighted by Gasteiger charge is -2.04. The van der Waals surface area contributed by atoms with E-state index in [0.717, 1.165) is 33.3 Å². The van der Waals surface area contributed by atoms with Crippen LogP contribution in [0.15, 0.2) is 54.9 Å². The lowest BCUT2D eigenvalue weighted by atomic mass is 10.00. The van der Waals surface area contributed by atoms with Crippen molar-refractivity contribution in [2.75, 3.05) is 0 Å². The summed E-state index contributed by atoms with van der Waals surface area (Å²) in [6.07, 6.45) is 3.71. The van der Waals surface area contributed by atoms with Gasteiger partial charge >= 0.3 is 0 Å². The highest BCUT2D eigenvalue weighted by molar-refractivity contribution is 5.89. The topological polar surface area (TPSA) is 64.7 Å². The average Bonchev–Trinajstić information content (AvgIpc) is 3.23. The van der Waals surface area contributed by atoms with Crippen LogP contribution in [0.3, 0.4) is 0 Å². The largest absolute Gasteiger partial charge is 0.390 e. The van der Waals surface area contributed by atoms with Crippen LogP contribution in [0.1, 0.15) is 11.3 Å². The molecule has 114 valence electrons. The van der Waals surface area contributed by atoms with Crippen LogP contribution in [0.25, 0.3) is 33.2 Å². The molecule has 0 saturated heterocycles. The number of fused-ring (bicyclic) bond motifs is 1. The van der Waals surface area contributed by atoms with Crippen molar-refractivity contribution in [3.63, 3.8) is 0 Å². The molecule has 0 saturated carbocycles. The summed E-state index contributed by atoms with van der Waals surface area (Å²) in [4.78, 5) is 3.26. The minimum Gasteiger partial charge on any atom is -0.390 e. The summed E-state index contributed by atoms with van der Waals surface area (Å²) in [6.45, 7) is 2.07. The van der Waals surface area contributed by atoms with Crippen LogP contribution >= 0.6 is 0 Å². The van der Waals surface area contributed by atoms with Crippen LogP contribution in [0, 0.1) is 6.92 Å². The molecule has 4 nitrogen and oxygen atoms in total. The predicted molar refractivity (Wildman–Crippen MR) is 92.0 cm³/mol. The maximum Gasteiger partial charge on any atom is 0.0833 e. The minimum atomic E-state index is 0.0369. The molecule has 0 aliphatic carbocycles. The number of rotatable bonds is 3. The van der Waals surface area contributed by atoms with E-state index in [2.05, 4.69) is 57.6 Å². The lowest BCUT2D eigenvalue weighted by Crippen LogP contribution is -1.84. The first-order valence-electron chi connectivity index (χ1n) is 7.58. The zero-order valence-corrected chi connectivity index (χ0v) is 12.8. The molecule has 4 heteroatoms. The molecule has 0 aliphatic rings. The van der Waals surface area contributed by atoms with Gasteiger partial charge in [-0.05, 0) is 41.3 Å². The van der Waals surface area contributed by atoms with Crippen molar-refractivity contribution >= 4 is 10.9 Å². The van der Waals surface area contributed by atoms with E-state index in [1.54, 1.807) is 0 Å². The summed E-state index contributed by atoms with van der Waals surface area (Å²) < 4.78 is 0. The third-order valence-corrected chi connectivity index (χ3v) is 4.37. The molecule has 0 aliphatic heterocycles. The van der Waals surface area contributed by atoms with Crippen molar-refractivity contribution in [2.45, 2.75) is 13.5 Å². The molecule has 3 N–H and O–H groups in total. The van der Waals surface area contributed by atoms with Crippen LogP contribution in [0.4, 0.5) is 0 Å². The zero-order valence-electron chi connectivity index (χ0n) is 12.8. The number of aromatic amines is 2. The second kappa shape index (κ2) is 5.41. The number of aryl methyl sites for hydroxylation is 1. The molecule has 0 unspecified atom stereocenters. The quantitative estimate of drug-likeness (QED) is 0.535. The third kappa shape index (κ3) is 2.33. The summed E-state index contributed by atoms with van der Waals surface area (Å²) in [5.41, 5.74) is 7.62. The highest BCUT2D eigenvalue weighted by atomic mass is 16.3. The van der Waals surface area contributed by atoms with E-state index in [0.29, 0.717) is 0 Å². The Morgan fingerprint density at radius 3 is 2.30 bits per heavy atom. The fraction of sp³-hybridized carbons (Fsp3) is 0.105. The highest BCUT2D eigenvalue weighted by Crippen LogP contribution is 2.29. The van der Waals surface area contributed by atoms with Crippen LogP contribution in [-0.2, 0) is 6.61 Å². The molecule has 0 fully saturated rings. The Labute approximate surface area is 133 Å². The van der Waals surface area contributed by atoms with E-state index < -0.39 is 0 Å². The van der Waals surface area contributed by atoms with Gasteiger partial charge in [-0.2, -0.15) is 5.10 Å². The Morgan fingerprint density at radius 1 is 0.957 bits per heavy atom. The summed E-state index contributed by atoms with van der Waals surface area (Å²) in [7, 11) is 0. The first-order chi connectivity index (χ1) is 11.3. The van der Waals surface area contributed by atoms with Gasteiger partial charge in [0.1, 0.15) is 0 Å². The highest BCUT2D eigenvalue weighted by Gasteiger charge is 2.08. The molecule has 23 heavy (non-hydrogen) atoms. The van der Waals surface area contributed by atoms with Gasteiger partial charge in [0.15, 0.2) is 0 Å². The van der Waals surface area contributed by atoms with Crippen molar-refractivity contribution in [2.24, 2.45) is 0 Å². The molecule has 2 heterocycles. The van der Waals surface area contributed by atoms with Crippen molar-refractivity contribution in [3.05, 3.63) is 66.1 Å². The number of benzene rings is 2. The van der Waals surface area contributed by atoms with Gasteiger partial charge in [0.25, 0.3) is 0 Å². The molecule has 0 amide bonds. The number of H-pyrrole nitrogens is 2. The maximum absolute atomic E-state index is 9.39. The Hall–Kier alpha value is -2.85. The van der Waals surface area contributed by atoms with Crippen molar-refractivity contribution in [3.8, 4) is 22.3 Å². The van der Waals surface area contributed by atoms with Gasteiger partial charge in [0.2, 0.25) is 0 Å². The summed E-state index contributed by atoms with van der Waals surface area (Å²) in [5, 5.41) is 17.4. The van der Waals surface area contributed by atoms with Gasteiger partial charge in [-0.1, -0.05) is 30.3 Å². The van der Waals surface area contributed by atoms with Gasteiger partial charge in [0.05, 0.1) is 12.8 Å². The van der Waals surface area contributed by atoms with Crippen molar-refractivity contribution in [1.29, 1.82) is 0 Å². The minimum absolute atomic E-state index is 0.0369. The molecule has 4 aromatic rings. The summed E-state index contributed by atoms with van der Waals surface area (Å²) in [6, 6.07) is 14.8. The molecule has 0 bridgehead atoms. The molecule has 0 atom stereocenters. The van der Waals surface area contributed by atoms with Crippen LogP contribution in [-0.4, -0.2) is 20.3 Å².